The van der Waals surface area contributed by atoms with E-state index in [0.717, 1.165) is 44.7 Å². The summed E-state index contributed by atoms with van der Waals surface area (Å²) < 4.78 is 14.3. The molecule has 0 bridgehead atoms. The van der Waals surface area contributed by atoms with Gasteiger partial charge in [0.05, 0.1) is 17.4 Å². The lowest BCUT2D eigenvalue weighted by molar-refractivity contribution is 0.256. The van der Waals surface area contributed by atoms with E-state index in [1.165, 1.54) is 0 Å². The number of ether oxygens (including phenoxy) is 2. The van der Waals surface area contributed by atoms with Gasteiger partial charge in [0.2, 0.25) is 0 Å². The predicted octanol–water partition coefficient (Wildman–Crippen LogP) is 7.78. The molecule has 0 saturated heterocycles. The molecule has 5 aromatic carbocycles. The third kappa shape index (κ3) is 6.10. The van der Waals surface area contributed by atoms with Crippen LogP contribution < -0.4 is 14.8 Å². The summed E-state index contributed by atoms with van der Waals surface area (Å²) in [6.07, 6.45) is 3.47. The van der Waals surface area contributed by atoms with Crippen molar-refractivity contribution in [1.82, 2.24) is 25.0 Å². The van der Waals surface area contributed by atoms with E-state index in [1.54, 1.807) is 11.0 Å². The van der Waals surface area contributed by atoms with Crippen LogP contribution in [0.1, 0.15) is 11.1 Å². The molecule has 7 rings (SSSR count). The maximum Gasteiger partial charge on any atom is 0.163 e. The Morgan fingerprint density at radius 1 is 0.636 bits per heavy atom. The zero-order valence-electron chi connectivity index (χ0n) is 23.7. The van der Waals surface area contributed by atoms with Crippen LogP contribution in [0, 0.1) is 0 Å². The Hall–Kier alpha value is -6.02. The van der Waals surface area contributed by atoms with Crippen molar-refractivity contribution in [2.24, 2.45) is 0 Å². The molecule has 7 aromatic rings. The van der Waals surface area contributed by atoms with Gasteiger partial charge < -0.3 is 14.8 Å². The highest BCUT2D eigenvalue weighted by atomic mass is 16.5. The fourth-order valence-corrected chi connectivity index (χ4v) is 4.86. The van der Waals surface area contributed by atoms with Gasteiger partial charge in [-0.3, -0.25) is 0 Å². The van der Waals surface area contributed by atoms with Crippen LogP contribution in [0.3, 0.4) is 0 Å². The molecule has 0 aliphatic rings. The number of nitrogens with one attached hydrogen (secondary N) is 1. The molecule has 0 atom stereocenters. The lowest BCUT2D eigenvalue weighted by Gasteiger charge is -2.16. The van der Waals surface area contributed by atoms with Crippen molar-refractivity contribution in [2.75, 3.05) is 5.32 Å². The molecular weight excluding hydrogens is 548 g/mol. The van der Waals surface area contributed by atoms with Gasteiger partial charge in [-0.1, -0.05) is 96.2 Å². The summed E-state index contributed by atoms with van der Waals surface area (Å²) >= 11 is 0. The number of fused-ring (bicyclic) bond motifs is 1. The number of hydrogen-bond donors (Lipinski definition) is 1. The lowest BCUT2D eigenvalue weighted by Crippen LogP contribution is -2.02. The minimum Gasteiger partial charge on any atom is -0.485 e. The molecular formula is C36H28N6O2. The SMILES string of the molecule is c1ccc(COc2cc3ncnc(Nc4cccc(-c5cn(-c6ccccc6)nn5)c4)c3cc2OCc2ccccc2)cc1. The quantitative estimate of drug-likeness (QED) is 0.178. The monoisotopic (exact) mass is 576 g/mol. The molecule has 8 heteroatoms. The van der Waals surface area contributed by atoms with Crippen LogP contribution in [0.15, 0.2) is 140 Å². The van der Waals surface area contributed by atoms with Gasteiger partial charge in [0.25, 0.3) is 0 Å². The minimum atomic E-state index is 0.399. The van der Waals surface area contributed by atoms with E-state index < -0.39 is 0 Å². The van der Waals surface area contributed by atoms with E-state index in [9.17, 15) is 0 Å². The van der Waals surface area contributed by atoms with Gasteiger partial charge in [-0.05, 0) is 41.5 Å². The summed E-state index contributed by atoms with van der Waals surface area (Å²) in [7, 11) is 0. The van der Waals surface area contributed by atoms with E-state index in [0.29, 0.717) is 30.5 Å². The number of aromatic nitrogens is 5. The predicted molar refractivity (Wildman–Crippen MR) is 171 cm³/mol. The summed E-state index contributed by atoms with van der Waals surface area (Å²) in [5, 5.41) is 13.0. The Morgan fingerprint density at radius 3 is 2.00 bits per heavy atom. The highest BCUT2D eigenvalue weighted by Gasteiger charge is 2.14. The van der Waals surface area contributed by atoms with Gasteiger partial charge in [0.1, 0.15) is 31.1 Å². The number of para-hydroxylation sites is 1. The molecule has 2 heterocycles. The summed E-state index contributed by atoms with van der Waals surface area (Å²) in [5.74, 6) is 1.88. The molecule has 0 aliphatic carbocycles. The van der Waals surface area contributed by atoms with Crippen molar-refractivity contribution in [3.63, 3.8) is 0 Å². The largest absolute Gasteiger partial charge is 0.485 e. The first-order chi connectivity index (χ1) is 21.8. The molecule has 0 fully saturated rings. The topological polar surface area (TPSA) is 87.0 Å². The molecule has 0 spiro atoms. The number of nitrogens with zero attached hydrogens (tertiary/aromatic N) is 5. The van der Waals surface area contributed by atoms with E-state index in [-0.39, 0.29) is 0 Å². The Morgan fingerprint density at radius 2 is 1.30 bits per heavy atom. The van der Waals surface area contributed by atoms with Gasteiger partial charge in [0, 0.05) is 22.7 Å². The van der Waals surface area contributed by atoms with Crippen LogP contribution in [-0.4, -0.2) is 25.0 Å². The zero-order chi connectivity index (χ0) is 29.6. The van der Waals surface area contributed by atoms with Crippen LogP contribution in [0.4, 0.5) is 11.5 Å². The van der Waals surface area contributed by atoms with Crippen molar-refractivity contribution in [3.8, 4) is 28.4 Å². The highest BCUT2D eigenvalue weighted by Crippen LogP contribution is 2.36. The number of anilines is 2. The van der Waals surface area contributed by atoms with Crippen LogP contribution in [0.25, 0.3) is 27.8 Å². The third-order valence-corrected chi connectivity index (χ3v) is 7.11. The average molecular weight is 577 g/mol. The summed E-state index contributed by atoms with van der Waals surface area (Å²) in [5.41, 5.74) is 6.36. The lowest BCUT2D eigenvalue weighted by atomic mass is 10.1. The molecule has 2 aromatic heterocycles. The second-order valence-corrected chi connectivity index (χ2v) is 10.2. The van der Waals surface area contributed by atoms with E-state index in [2.05, 4.69) is 25.6 Å². The van der Waals surface area contributed by atoms with Gasteiger partial charge in [-0.2, -0.15) is 0 Å². The maximum absolute atomic E-state index is 6.31. The third-order valence-electron chi connectivity index (χ3n) is 7.11. The van der Waals surface area contributed by atoms with E-state index >= 15 is 0 Å². The molecule has 0 unspecified atom stereocenters. The average Bonchev–Trinajstić information content (AvgIpc) is 3.59. The number of benzene rings is 5. The highest BCUT2D eigenvalue weighted by molar-refractivity contribution is 5.93. The van der Waals surface area contributed by atoms with Crippen molar-refractivity contribution < 1.29 is 9.47 Å². The smallest absolute Gasteiger partial charge is 0.163 e. The first kappa shape index (κ1) is 26.9. The Bertz CT molecular complexity index is 2000. The summed E-state index contributed by atoms with van der Waals surface area (Å²) in [4.78, 5) is 9.13. The van der Waals surface area contributed by atoms with E-state index in [4.69, 9.17) is 9.47 Å². The molecule has 8 nitrogen and oxygen atoms in total. The first-order valence-electron chi connectivity index (χ1n) is 14.3. The van der Waals surface area contributed by atoms with Gasteiger partial charge in [-0.15, -0.1) is 5.10 Å². The van der Waals surface area contributed by atoms with Crippen molar-refractivity contribution in [2.45, 2.75) is 13.2 Å². The molecule has 214 valence electrons. The number of hydrogen-bond acceptors (Lipinski definition) is 7. The molecule has 0 aliphatic heterocycles. The summed E-state index contributed by atoms with van der Waals surface area (Å²) in [6.45, 7) is 0.808. The van der Waals surface area contributed by atoms with Crippen molar-refractivity contribution in [1.29, 1.82) is 0 Å². The van der Waals surface area contributed by atoms with E-state index in [1.807, 2.05) is 134 Å². The fraction of sp³-hybridized carbons (Fsp3) is 0.0556. The second-order valence-electron chi connectivity index (χ2n) is 10.2. The Labute approximate surface area is 254 Å². The van der Waals surface area contributed by atoms with Crippen LogP contribution in [0.2, 0.25) is 0 Å². The molecule has 0 radical (unpaired) electrons. The molecule has 44 heavy (non-hydrogen) atoms. The molecule has 0 amide bonds. The molecule has 1 N–H and O–H groups in total. The van der Waals surface area contributed by atoms with Crippen molar-refractivity contribution in [3.05, 3.63) is 151 Å². The summed E-state index contributed by atoms with van der Waals surface area (Å²) in [6, 6.07) is 41.9. The van der Waals surface area contributed by atoms with Crippen LogP contribution in [-0.2, 0) is 13.2 Å². The standard InChI is InChI=1S/C36H28N6O2/c1-4-11-26(12-5-1)23-43-34-20-31-32(21-35(34)44-24-27-13-6-2-7-14-27)37-25-38-36(31)39-29-16-10-15-28(19-29)33-22-42(41-40-33)30-17-8-3-9-18-30/h1-22,25H,23-24H2,(H,37,38,39). The maximum atomic E-state index is 6.31. The van der Waals surface area contributed by atoms with Gasteiger partial charge in [-0.25, -0.2) is 14.6 Å². The molecule has 0 saturated carbocycles. The van der Waals surface area contributed by atoms with Gasteiger partial charge >= 0.3 is 0 Å². The number of rotatable bonds is 10. The zero-order valence-corrected chi connectivity index (χ0v) is 23.7. The van der Waals surface area contributed by atoms with Crippen molar-refractivity contribution >= 4 is 22.4 Å². The fourth-order valence-electron chi connectivity index (χ4n) is 4.86. The normalized spacial score (nSPS) is 10.9. The van der Waals surface area contributed by atoms with Gasteiger partial charge in [0.15, 0.2) is 11.5 Å². The van der Waals surface area contributed by atoms with Crippen LogP contribution in [0.5, 0.6) is 11.5 Å². The minimum absolute atomic E-state index is 0.399. The van der Waals surface area contributed by atoms with Crippen LogP contribution >= 0.6 is 0 Å². The first-order valence-corrected chi connectivity index (χ1v) is 14.3. The Balaban J connectivity index is 1.18. The second kappa shape index (κ2) is 12.5. The Kier molecular flexibility index (Phi) is 7.61.